The Labute approximate surface area is 202 Å². The van der Waals surface area contributed by atoms with Gasteiger partial charge in [0.2, 0.25) is 11.8 Å². The number of nitrogens with one attached hydrogen (secondary N) is 1. The molecule has 0 aliphatic heterocycles. The molecule has 0 aliphatic carbocycles. The van der Waals surface area contributed by atoms with Gasteiger partial charge in [-0.25, -0.2) is 0 Å². The van der Waals surface area contributed by atoms with Crippen molar-refractivity contribution in [2.75, 3.05) is 17.7 Å². The van der Waals surface area contributed by atoms with E-state index in [0.29, 0.717) is 24.1 Å². The van der Waals surface area contributed by atoms with Gasteiger partial charge in [-0.1, -0.05) is 61.1 Å². The molecule has 0 atom stereocenters. The third-order valence-corrected chi connectivity index (χ3v) is 5.96. The molecular formula is C25H27N5O3S. The molecule has 0 spiro atoms. The lowest BCUT2D eigenvalue weighted by Gasteiger charge is -2.11. The zero-order chi connectivity index (χ0) is 23.9. The number of hydrogen-bond donors (Lipinski definition) is 1. The van der Waals surface area contributed by atoms with E-state index in [0.717, 1.165) is 28.5 Å². The summed E-state index contributed by atoms with van der Waals surface area (Å²) in [5.74, 6) is 2.09. The number of hydrogen-bond acceptors (Lipinski definition) is 7. The van der Waals surface area contributed by atoms with Gasteiger partial charge in [-0.2, -0.15) is 0 Å². The first-order valence-corrected chi connectivity index (χ1v) is 12.1. The second kappa shape index (κ2) is 11.0. The molecule has 2 aromatic heterocycles. The van der Waals surface area contributed by atoms with Crippen molar-refractivity contribution < 1.29 is 14.1 Å². The van der Waals surface area contributed by atoms with Crippen LogP contribution < -0.4 is 10.1 Å². The van der Waals surface area contributed by atoms with E-state index >= 15 is 0 Å². The van der Waals surface area contributed by atoms with E-state index in [1.54, 1.807) is 6.07 Å². The number of thioether (sulfide) groups is 1. The van der Waals surface area contributed by atoms with Crippen LogP contribution in [-0.2, 0) is 11.2 Å². The zero-order valence-electron chi connectivity index (χ0n) is 19.4. The van der Waals surface area contributed by atoms with Gasteiger partial charge in [-0.05, 0) is 42.7 Å². The highest BCUT2D eigenvalue weighted by Crippen LogP contribution is 2.26. The number of anilines is 1. The Bertz CT molecular complexity index is 1220. The summed E-state index contributed by atoms with van der Waals surface area (Å²) in [6.45, 7) is 6.58. The van der Waals surface area contributed by atoms with Crippen LogP contribution in [0.5, 0.6) is 5.75 Å². The van der Waals surface area contributed by atoms with Crippen LogP contribution in [0, 0.1) is 0 Å². The van der Waals surface area contributed by atoms with E-state index in [2.05, 4.69) is 32.8 Å². The Morgan fingerprint density at radius 1 is 1.12 bits per heavy atom. The minimum atomic E-state index is -0.206. The monoisotopic (exact) mass is 477 g/mol. The quantitative estimate of drug-likeness (QED) is 0.318. The number of ether oxygens (including phenoxy) is 1. The van der Waals surface area contributed by atoms with E-state index in [-0.39, 0.29) is 17.6 Å². The molecule has 34 heavy (non-hydrogen) atoms. The Morgan fingerprint density at radius 2 is 1.88 bits per heavy atom. The maximum atomic E-state index is 12.5. The van der Waals surface area contributed by atoms with Gasteiger partial charge in [0.15, 0.2) is 5.16 Å². The summed E-state index contributed by atoms with van der Waals surface area (Å²) in [5, 5.41) is 16.2. The Kier molecular flexibility index (Phi) is 7.64. The Hall–Kier alpha value is -3.59. The minimum absolute atomic E-state index is 0.151. The minimum Gasteiger partial charge on any atom is -0.494 e. The number of rotatable bonds is 10. The number of amides is 1. The van der Waals surface area contributed by atoms with Crippen LogP contribution in [-0.4, -0.2) is 38.2 Å². The molecule has 1 amide bonds. The Morgan fingerprint density at radius 3 is 2.56 bits per heavy atom. The van der Waals surface area contributed by atoms with Gasteiger partial charge >= 0.3 is 0 Å². The second-order valence-electron chi connectivity index (χ2n) is 7.93. The van der Waals surface area contributed by atoms with Crippen LogP contribution in [0.25, 0.3) is 5.69 Å². The molecule has 9 heteroatoms. The number of nitrogens with zero attached hydrogens (tertiary/aromatic N) is 4. The molecule has 0 aliphatic rings. The predicted octanol–water partition coefficient (Wildman–Crippen LogP) is 5.10. The summed E-state index contributed by atoms with van der Waals surface area (Å²) in [5.41, 5.74) is 2.82. The van der Waals surface area contributed by atoms with Crippen molar-refractivity contribution >= 4 is 23.6 Å². The molecule has 0 bridgehead atoms. The van der Waals surface area contributed by atoms with Crippen molar-refractivity contribution in [2.45, 2.75) is 38.3 Å². The van der Waals surface area contributed by atoms with Gasteiger partial charge in [-0.15, -0.1) is 10.2 Å². The lowest BCUT2D eigenvalue weighted by Crippen LogP contribution is -2.14. The van der Waals surface area contributed by atoms with Crippen molar-refractivity contribution in [1.82, 2.24) is 19.9 Å². The van der Waals surface area contributed by atoms with Crippen molar-refractivity contribution in [3.63, 3.8) is 0 Å². The molecule has 176 valence electrons. The Balaban J connectivity index is 1.53. The van der Waals surface area contributed by atoms with E-state index < -0.39 is 0 Å². The number of carbonyl (C=O) groups is 1. The molecule has 0 saturated heterocycles. The molecule has 4 rings (SSSR count). The van der Waals surface area contributed by atoms with Crippen molar-refractivity contribution in [2.24, 2.45) is 0 Å². The molecule has 2 heterocycles. The molecular weight excluding hydrogens is 450 g/mol. The lowest BCUT2D eigenvalue weighted by atomic mass is 10.1. The van der Waals surface area contributed by atoms with Gasteiger partial charge in [0.05, 0.1) is 18.1 Å². The predicted molar refractivity (Wildman–Crippen MR) is 132 cm³/mol. The largest absolute Gasteiger partial charge is 0.494 e. The fraction of sp³-hybridized carbons (Fsp3) is 0.280. The molecule has 0 unspecified atom stereocenters. The van der Waals surface area contributed by atoms with Gasteiger partial charge < -0.3 is 9.26 Å². The van der Waals surface area contributed by atoms with Gasteiger partial charge in [0, 0.05) is 18.2 Å². The molecule has 1 N–H and O–H groups in total. The van der Waals surface area contributed by atoms with Crippen molar-refractivity contribution in [3.8, 4) is 11.4 Å². The summed E-state index contributed by atoms with van der Waals surface area (Å²) < 4.78 is 12.8. The highest BCUT2D eigenvalue weighted by molar-refractivity contribution is 7.99. The third kappa shape index (κ3) is 5.85. The summed E-state index contributed by atoms with van der Waals surface area (Å²) in [6.07, 6.45) is 0.615. The molecule has 0 radical (unpaired) electrons. The highest BCUT2D eigenvalue weighted by atomic mass is 32.2. The van der Waals surface area contributed by atoms with E-state index in [1.807, 2.05) is 67.8 Å². The molecule has 4 aromatic rings. The first kappa shape index (κ1) is 23.6. The van der Waals surface area contributed by atoms with E-state index in [4.69, 9.17) is 9.26 Å². The van der Waals surface area contributed by atoms with Gasteiger partial charge in [0.1, 0.15) is 11.6 Å². The standard InChI is InChI=1S/C25H27N5O3S/c1-4-32-20-12-10-19(11-13-20)30-22(14-18-8-6-5-7-9-18)27-28-25(30)34-16-23(31)26-24-15-21(17(2)3)29-33-24/h5-13,15,17H,4,14,16H2,1-3H3,(H,26,31). The van der Waals surface area contributed by atoms with Gasteiger partial charge in [0.25, 0.3) is 0 Å². The van der Waals surface area contributed by atoms with Gasteiger partial charge in [-0.3, -0.25) is 14.7 Å². The topological polar surface area (TPSA) is 95.1 Å². The van der Waals surface area contributed by atoms with Crippen LogP contribution in [0.3, 0.4) is 0 Å². The lowest BCUT2D eigenvalue weighted by molar-refractivity contribution is -0.113. The van der Waals surface area contributed by atoms with E-state index in [1.165, 1.54) is 11.8 Å². The third-order valence-electron chi connectivity index (χ3n) is 5.03. The molecule has 0 saturated carbocycles. The molecule has 0 fully saturated rings. The maximum Gasteiger partial charge on any atom is 0.237 e. The summed E-state index contributed by atoms with van der Waals surface area (Å²) in [4.78, 5) is 12.5. The fourth-order valence-electron chi connectivity index (χ4n) is 3.33. The van der Waals surface area contributed by atoms with Crippen molar-refractivity contribution in [1.29, 1.82) is 0 Å². The maximum absolute atomic E-state index is 12.5. The first-order valence-electron chi connectivity index (χ1n) is 11.1. The average molecular weight is 478 g/mol. The van der Waals surface area contributed by atoms with Crippen LogP contribution in [0.15, 0.2) is 70.3 Å². The number of aromatic nitrogens is 4. The number of benzene rings is 2. The first-order chi connectivity index (χ1) is 16.5. The summed E-state index contributed by atoms with van der Waals surface area (Å²) in [6, 6.07) is 19.6. The van der Waals surface area contributed by atoms with E-state index in [9.17, 15) is 4.79 Å². The summed E-state index contributed by atoms with van der Waals surface area (Å²) in [7, 11) is 0. The van der Waals surface area contributed by atoms with Crippen LogP contribution in [0.2, 0.25) is 0 Å². The smallest absolute Gasteiger partial charge is 0.237 e. The normalized spacial score (nSPS) is 11.1. The van der Waals surface area contributed by atoms with Crippen molar-refractivity contribution in [3.05, 3.63) is 77.7 Å². The zero-order valence-corrected chi connectivity index (χ0v) is 20.2. The number of carbonyl (C=O) groups excluding carboxylic acids is 1. The SMILES string of the molecule is CCOc1ccc(-n2c(Cc3ccccc3)nnc2SCC(=O)Nc2cc(C(C)C)no2)cc1. The van der Waals surface area contributed by atoms with Crippen LogP contribution in [0.1, 0.15) is 43.8 Å². The average Bonchev–Trinajstić information content (AvgIpc) is 3.46. The van der Waals surface area contributed by atoms with Crippen LogP contribution >= 0.6 is 11.8 Å². The van der Waals surface area contributed by atoms with Crippen LogP contribution in [0.4, 0.5) is 5.88 Å². The highest BCUT2D eigenvalue weighted by Gasteiger charge is 2.17. The summed E-state index contributed by atoms with van der Waals surface area (Å²) >= 11 is 1.31. The molecule has 8 nitrogen and oxygen atoms in total. The molecule has 2 aromatic carbocycles. The fourth-order valence-corrected chi connectivity index (χ4v) is 4.10. The second-order valence-corrected chi connectivity index (χ2v) is 8.87.